The lowest BCUT2D eigenvalue weighted by molar-refractivity contribution is 0.189. The summed E-state index contributed by atoms with van der Waals surface area (Å²) in [5.74, 6) is 0.967. The third-order valence-corrected chi connectivity index (χ3v) is 4.15. The van der Waals surface area contributed by atoms with E-state index in [0.717, 1.165) is 4.88 Å². The van der Waals surface area contributed by atoms with Gasteiger partial charge in [0, 0.05) is 11.9 Å². The van der Waals surface area contributed by atoms with Crippen LogP contribution in [0.25, 0.3) is 0 Å². The Morgan fingerprint density at radius 2 is 2.25 bits per heavy atom. The van der Waals surface area contributed by atoms with Gasteiger partial charge in [-0.1, -0.05) is 11.2 Å². The van der Waals surface area contributed by atoms with Crippen molar-refractivity contribution in [2.75, 3.05) is 7.05 Å². The van der Waals surface area contributed by atoms with Crippen LogP contribution in [0.4, 0.5) is 4.79 Å². The van der Waals surface area contributed by atoms with Gasteiger partial charge in [0.25, 0.3) is 0 Å². The van der Waals surface area contributed by atoms with E-state index in [-0.39, 0.29) is 18.1 Å². The third kappa shape index (κ3) is 3.16. The Morgan fingerprint density at radius 3 is 2.80 bits per heavy atom. The number of aryl methyl sites for hydroxylation is 1. The van der Waals surface area contributed by atoms with Gasteiger partial charge in [-0.15, -0.1) is 11.3 Å². The Labute approximate surface area is 121 Å². The van der Waals surface area contributed by atoms with Crippen molar-refractivity contribution in [2.24, 2.45) is 0 Å². The van der Waals surface area contributed by atoms with Crippen LogP contribution < -0.4 is 5.32 Å². The maximum Gasteiger partial charge on any atom is 0.318 e. The maximum atomic E-state index is 12.2. The zero-order chi connectivity index (χ0) is 14.7. The highest BCUT2D eigenvalue weighted by Gasteiger charge is 2.22. The van der Waals surface area contributed by atoms with Crippen LogP contribution >= 0.6 is 11.3 Å². The van der Waals surface area contributed by atoms with Crippen molar-refractivity contribution in [1.29, 1.82) is 0 Å². The summed E-state index contributed by atoms with van der Waals surface area (Å²) < 4.78 is 5.05. The molecule has 108 valence electrons. The molecule has 2 heterocycles. The summed E-state index contributed by atoms with van der Waals surface area (Å²) in [6.07, 6.45) is 0. The molecular formula is C13H18N4O2S. The molecule has 0 bridgehead atoms. The zero-order valence-electron chi connectivity index (χ0n) is 12.0. The van der Waals surface area contributed by atoms with Crippen LogP contribution in [-0.4, -0.2) is 28.1 Å². The van der Waals surface area contributed by atoms with Gasteiger partial charge in [0.15, 0.2) is 5.82 Å². The lowest BCUT2D eigenvalue weighted by Gasteiger charge is -2.25. The molecular weight excluding hydrogens is 276 g/mol. The Kier molecular flexibility index (Phi) is 4.39. The highest BCUT2D eigenvalue weighted by atomic mass is 32.1. The van der Waals surface area contributed by atoms with Crippen molar-refractivity contribution in [3.8, 4) is 0 Å². The van der Waals surface area contributed by atoms with Crippen LogP contribution in [0.3, 0.4) is 0 Å². The molecule has 2 rings (SSSR count). The molecule has 6 nitrogen and oxygen atoms in total. The van der Waals surface area contributed by atoms with Gasteiger partial charge in [-0.3, -0.25) is 0 Å². The van der Waals surface area contributed by atoms with E-state index in [1.165, 1.54) is 0 Å². The van der Waals surface area contributed by atoms with Gasteiger partial charge in [-0.25, -0.2) is 4.79 Å². The van der Waals surface area contributed by atoms with Gasteiger partial charge >= 0.3 is 6.03 Å². The Balaban J connectivity index is 1.97. The van der Waals surface area contributed by atoms with Gasteiger partial charge < -0.3 is 14.7 Å². The predicted octanol–water partition coefficient (Wildman–Crippen LogP) is 2.90. The van der Waals surface area contributed by atoms with E-state index in [1.54, 1.807) is 30.2 Å². The molecule has 0 aliphatic rings. The summed E-state index contributed by atoms with van der Waals surface area (Å²) >= 11 is 1.63. The molecule has 0 aliphatic carbocycles. The van der Waals surface area contributed by atoms with Crippen molar-refractivity contribution in [3.05, 3.63) is 34.1 Å². The number of carbonyl (C=O) groups excluding carboxylic acids is 1. The van der Waals surface area contributed by atoms with Gasteiger partial charge in [-0.2, -0.15) is 4.98 Å². The summed E-state index contributed by atoms with van der Waals surface area (Å²) in [5, 5.41) is 8.57. The number of amides is 2. The van der Waals surface area contributed by atoms with E-state index < -0.39 is 0 Å². The van der Waals surface area contributed by atoms with Crippen LogP contribution in [0.1, 0.15) is 42.5 Å². The lowest BCUT2D eigenvalue weighted by atomic mass is 10.2. The fraction of sp³-hybridized carbons (Fsp3) is 0.462. The first-order valence-electron chi connectivity index (χ1n) is 6.36. The molecule has 2 amide bonds. The number of nitrogens with one attached hydrogen (secondary N) is 1. The van der Waals surface area contributed by atoms with Gasteiger partial charge in [0.05, 0.1) is 6.04 Å². The van der Waals surface area contributed by atoms with Crippen molar-refractivity contribution in [1.82, 2.24) is 20.4 Å². The van der Waals surface area contributed by atoms with Crippen LogP contribution in [-0.2, 0) is 0 Å². The smallest absolute Gasteiger partial charge is 0.318 e. The standard InChI is InChI=1S/C13H18N4O2S/c1-8(12-15-10(3)16-19-12)14-13(18)17(4)9(2)11-6-5-7-20-11/h5-9H,1-4H3,(H,14,18). The number of hydrogen-bond donors (Lipinski definition) is 1. The van der Waals surface area contributed by atoms with Crippen LogP contribution in [0.2, 0.25) is 0 Å². The van der Waals surface area contributed by atoms with Crippen LogP contribution in [0.5, 0.6) is 0 Å². The number of rotatable bonds is 4. The zero-order valence-corrected chi connectivity index (χ0v) is 12.8. The first-order valence-corrected chi connectivity index (χ1v) is 7.24. The van der Waals surface area contributed by atoms with E-state index in [2.05, 4.69) is 15.5 Å². The minimum Gasteiger partial charge on any atom is -0.337 e. The summed E-state index contributed by atoms with van der Waals surface area (Å²) in [5.41, 5.74) is 0. The minimum absolute atomic E-state index is 0.0200. The summed E-state index contributed by atoms with van der Waals surface area (Å²) in [6.45, 7) is 5.55. The largest absolute Gasteiger partial charge is 0.337 e. The fourth-order valence-corrected chi connectivity index (χ4v) is 2.56. The molecule has 0 saturated heterocycles. The predicted molar refractivity (Wildman–Crippen MR) is 76.5 cm³/mol. The number of hydrogen-bond acceptors (Lipinski definition) is 5. The quantitative estimate of drug-likeness (QED) is 0.941. The van der Waals surface area contributed by atoms with Crippen LogP contribution in [0, 0.1) is 6.92 Å². The lowest BCUT2D eigenvalue weighted by Crippen LogP contribution is -2.39. The van der Waals surface area contributed by atoms with Crippen molar-refractivity contribution < 1.29 is 9.32 Å². The highest BCUT2D eigenvalue weighted by Crippen LogP contribution is 2.23. The molecule has 0 aliphatic heterocycles. The Hall–Kier alpha value is -1.89. The molecule has 7 heteroatoms. The third-order valence-electron chi connectivity index (χ3n) is 3.11. The summed E-state index contributed by atoms with van der Waals surface area (Å²) in [6, 6.07) is 3.53. The topological polar surface area (TPSA) is 71.3 Å². The van der Waals surface area contributed by atoms with E-state index in [4.69, 9.17) is 4.52 Å². The second-order valence-electron chi connectivity index (χ2n) is 4.65. The molecule has 0 spiro atoms. The molecule has 0 fully saturated rings. The number of thiophene rings is 1. The first kappa shape index (κ1) is 14.5. The average Bonchev–Trinajstić information content (AvgIpc) is 3.07. The molecule has 0 saturated carbocycles. The number of urea groups is 1. The number of aromatic nitrogens is 2. The molecule has 2 aromatic rings. The molecule has 2 unspecified atom stereocenters. The Morgan fingerprint density at radius 1 is 1.50 bits per heavy atom. The van der Waals surface area contributed by atoms with E-state index in [1.807, 2.05) is 31.4 Å². The van der Waals surface area contributed by atoms with Gasteiger partial charge in [-0.05, 0) is 32.2 Å². The van der Waals surface area contributed by atoms with Crippen LogP contribution in [0.15, 0.2) is 22.0 Å². The van der Waals surface area contributed by atoms with Crippen molar-refractivity contribution in [2.45, 2.75) is 32.9 Å². The van der Waals surface area contributed by atoms with E-state index in [9.17, 15) is 4.79 Å². The summed E-state index contributed by atoms with van der Waals surface area (Å²) in [4.78, 5) is 19.1. The molecule has 2 aromatic heterocycles. The molecule has 1 N–H and O–H groups in total. The number of carbonyl (C=O) groups is 1. The summed E-state index contributed by atoms with van der Waals surface area (Å²) in [7, 11) is 1.77. The second kappa shape index (κ2) is 6.04. The number of nitrogens with zero attached hydrogens (tertiary/aromatic N) is 3. The first-order chi connectivity index (χ1) is 9.49. The van der Waals surface area contributed by atoms with Gasteiger partial charge in [0.1, 0.15) is 6.04 Å². The molecule has 2 atom stereocenters. The van der Waals surface area contributed by atoms with Crippen molar-refractivity contribution in [3.63, 3.8) is 0 Å². The second-order valence-corrected chi connectivity index (χ2v) is 5.63. The molecule has 0 radical (unpaired) electrons. The van der Waals surface area contributed by atoms with E-state index >= 15 is 0 Å². The maximum absolute atomic E-state index is 12.2. The van der Waals surface area contributed by atoms with E-state index in [0.29, 0.717) is 11.7 Å². The SMILES string of the molecule is Cc1noc(C(C)NC(=O)N(C)C(C)c2cccs2)n1. The average molecular weight is 294 g/mol. The highest BCUT2D eigenvalue weighted by molar-refractivity contribution is 7.10. The fourth-order valence-electron chi connectivity index (χ4n) is 1.73. The van der Waals surface area contributed by atoms with Gasteiger partial charge in [0.2, 0.25) is 5.89 Å². The Bertz CT molecular complexity index is 567. The molecule has 0 aromatic carbocycles. The van der Waals surface area contributed by atoms with Crippen molar-refractivity contribution >= 4 is 17.4 Å². The minimum atomic E-state index is -0.318. The molecule has 20 heavy (non-hydrogen) atoms. The monoisotopic (exact) mass is 294 g/mol. The normalized spacial score (nSPS) is 13.8.